The van der Waals surface area contributed by atoms with Gasteiger partial charge in [-0.15, -0.1) is 0 Å². The summed E-state index contributed by atoms with van der Waals surface area (Å²) in [6.07, 6.45) is 0.816. The van der Waals surface area contributed by atoms with Gasteiger partial charge in [0.25, 0.3) is 5.91 Å². The first-order valence-corrected chi connectivity index (χ1v) is 8.21. The van der Waals surface area contributed by atoms with Gasteiger partial charge in [0.1, 0.15) is 11.3 Å². The fraction of sp³-hybridized carbons (Fsp3) is 0.263. The zero-order valence-corrected chi connectivity index (χ0v) is 14.3. The molecular weight excluding hydrogens is 318 g/mol. The van der Waals surface area contributed by atoms with E-state index in [1.807, 2.05) is 25.1 Å². The van der Waals surface area contributed by atoms with Gasteiger partial charge in [-0.2, -0.15) is 0 Å². The molecule has 6 nitrogen and oxygen atoms in total. The zero-order chi connectivity index (χ0) is 17.8. The minimum atomic E-state index is -0.317. The zero-order valence-electron chi connectivity index (χ0n) is 14.3. The summed E-state index contributed by atoms with van der Waals surface area (Å²) in [7, 11) is 0. The first kappa shape index (κ1) is 16.8. The maximum atomic E-state index is 12.5. The number of anilines is 1. The third-order valence-electron chi connectivity index (χ3n) is 4.15. The molecule has 0 saturated heterocycles. The Labute approximate surface area is 146 Å². The highest BCUT2D eigenvalue weighted by Crippen LogP contribution is 2.28. The fourth-order valence-electron chi connectivity index (χ4n) is 2.69. The molecular formula is C19H21N3O3. The summed E-state index contributed by atoms with van der Waals surface area (Å²) in [5.41, 5.74) is 7.55. The summed E-state index contributed by atoms with van der Waals surface area (Å²) in [5.74, 6) is 1.19. The lowest BCUT2D eigenvalue weighted by atomic mass is 9.98. The second-order valence-electron chi connectivity index (χ2n) is 6.04. The van der Waals surface area contributed by atoms with Crippen molar-refractivity contribution in [3.8, 4) is 11.5 Å². The van der Waals surface area contributed by atoms with Crippen LogP contribution in [0.5, 0.6) is 0 Å². The number of rotatable bonds is 6. The molecule has 0 aliphatic heterocycles. The second kappa shape index (κ2) is 7.25. The Bertz CT molecular complexity index is 852. The number of nitrogens with zero attached hydrogens (tertiary/aromatic N) is 1. The summed E-state index contributed by atoms with van der Waals surface area (Å²) < 4.78 is 10.5. The number of furan rings is 1. The van der Waals surface area contributed by atoms with E-state index in [0.29, 0.717) is 23.9 Å². The van der Waals surface area contributed by atoms with Crippen LogP contribution in [-0.2, 0) is 0 Å². The van der Waals surface area contributed by atoms with Crippen LogP contribution in [0.15, 0.2) is 51.4 Å². The van der Waals surface area contributed by atoms with Gasteiger partial charge in [0.05, 0.1) is 0 Å². The highest BCUT2D eigenvalue weighted by molar-refractivity contribution is 6.03. The van der Waals surface area contributed by atoms with Crippen molar-refractivity contribution < 1.29 is 13.7 Å². The smallest absolute Gasteiger partial charge is 0.259 e. The van der Waals surface area contributed by atoms with Gasteiger partial charge in [-0.3, -0.25) is 4.79 Å². The molecule has 0 aliphatic carbocycles. The molecule has 25 heavy (non-hydrogen) atoms. The topological polar surface area (TPSA) is 94.3 Å². The van der Waals surface area contributed by atoms with Crippen LogP contribution in [0.1, 0.15) is 40.9 Å². The van der Waals surface area contributed by atoms with Gasteiger partial charge in [0.2, 0.25) is 5.88 Å². The van der Waals surface area contributed by atoms with Crippen LogP contribution in [0.3, 0.4) is 0 Å². The van der Waals surface area contributed by atoms with E-state index >= 15 is 0 Å². The van der Waals surface area contributed by atoms with E-state index < -0.39 is 0 Å². The largest absolute Gasteiger partial charge is 0.460 e. The highest BCUT2D eigenvalue weighted by Gasteiger charge is 2.24. The molecule has 130 valence electrons. The van der Waals surface area contributed by atoms with Gasteiger partial charge < -0.3 is 20.0 Å². The van der Waals surface area contributed by atoms with Crippen LogP contribution in [0.2, 0.25) is 0 Å². The standard InChI is InChI=1S/C19H21N3O3/c1-12(14-6-4-3-5-7-14)10-11-21-19(23)16-17(22-25-18(16)20)15-9-8-13(2)24-15/h3-9,12H,10-11,20H2,1-2H3,(H,21,23). The number of benzene rings is 1. The molecule has 2 heterocycles. The minimum Gasteiger partial charge on any atom is -0.460 e. The molecule has 0 bridgehead atoms. The van der Waals surface area contributed by atoms with Gasteiger partial charge in [0.15, 0.2) is 11.5 Å². The molecule has 0 spiro atoms. The Kier molecular flexibility index (Phi) is 4.88. The number of nitrogens with one attached hydrogen (secondary N) is 1. The molecule has 3 N–H and O–H groups in total. The van der Waals surface area contributed by atoms with E-state index in [1.165, 1.54) is 5.56 Å². The Morgan fingerprint density at radius 1 is 1.24 bits per heavy atom. The van der Waals surface area contributed by atoms with E-state index in [-0.39, 0.29) is 17.4 Å². The van der Waals surface area contributed by atoms with E-state index in [1.54, 1.807) is 12.1 Å². The average Bonchev–Trinajstić information content (AvgIpc) is 3.21. The summed E-state index contributed by atoms with van der Waals surface area (Å²) in [4.78, 5) is 12.5. The summed E-state index contributed by atoms with van der Waals surface area (Å²) >= 11 is 0. The van der Waals surface area contributed by atoms with Gasteiger partial charge in [0, 0.05) is 6.54 Å². The lowest BCUT2D eigenvalue weighted by Crippen LogP contribution is -2.26. The summed E-state index contributed by atoms with van der Waals surface area (Å²) in [6, 6.07) is 13.7. The normalized spacial score (nSPS) is 12.1. The number of carbonyl (C=O) groups is 1. The first-order chi connectivity index (χ1) is 12.1. The molecule has 2 aromatic heterocycles. The highest BCUT2D eigenvalue weighted by atomic mass is 16.5. The van der Waals surface area contributed by atoms with Crippen LogP contribution in [0.25, 0.3) is 11.5 Å². The van der Waals surface area contributed by atoms with Gasteiger partial charge in [-0.05, 0) is 37.0 Å². The molecule has 3 aromatic rings. The van der Waals surface area contributed by atoms with Crippen molar-refractivity contribution in [1.82, 2.24) is 10.5 Å². The number of hydrogen-bond donors (Lipinski definition) is 2. The molecule has 1 unspecified atom stereocenters. The van der Waals surface area contributed by atoms with Crippen molar-refractivity contribution in [3.05, 3.63) is 59.4 Å². The maximum absolute atomic E-state index is 12.5. The van der Waals surface area contributed by atoms with Crippen molar-refractivity contribution in [2.75, 3.05) is 12.3 Å². The Hall–Kier alpha value is -3.02. The molecule has 0 saturated carbocycles. The Balaban J connectivity index is 1.65. The summed E-state index contributed by atoms with van der Waals surface area (Å²) in [5, 5.41) is 6.74. The van der Waals surface area contributed by atoms with E-state index in [2.05, 4.69) is 29.5 Å². The Morgan fingerprint density at radius 2 is 2.00 bits per heavy atom. The van der Waals surface area contributed by atoms with Crippen LogP contribution < -0.4 is 11.1 Å². The molecule has 3 rings (SSSR count). The number of carbonyl (C=O) groups excluding carboxylic acids is 1. The number of amides is 1. The van der Waals surface area contributed by atoms with E-state index in [4.69, 9.17) is 14.7 Å². The number of nitrogen functional groups attached to an aromatic ring is 1. The number of hydrogen-bond acceptors (Lipinski definition) is 5. The van der Waals surface area contributed by atoms with Crippen LogP contribution in [0, 0.1) is 6.92 Å². The summed E-state index contributed by atoms with van der Waals surface area (Å²) in [6.45, 7) is 4.47. The number of nitrogens with two attached hydrogens (primary N) is 1. The predicted octanol–water partition coefficient (Wildman–Crippen LogP) is 3.75. The third-order valence-corrected chi connectivity index (χ3v) is 4.15. The minimum absolute atomic E-state index is 0.0161. The fourth-order valence-corrected chi connectivity index (χ4v) is 2.69. The predicted molar refractivity (Wildman–Crippen MR) is 95.2 cm³/mol. The maximum Gasteiger partial charge on any atom is 0.259 e. The molecule has 1 atom stereocenters. The monoisotopic (exact) mass is 339 g/mol. The number of aromatic nitrogens is 1. The van der Waals surface area contributed by atoms with Crippen molar-refractivity contribution in [2.45, 2.75) is 26.2 Å². The van der Waals surface area contributed by atoms with Crippen molar-refractivity contribution in [2.24, 2.45) is 0 Å². The average molecular weight is 339 g/mol. The van der Waals surface area contributed by atoms with Crippen LogP contribution >= 0.6 is 0 Å². The third kappa shape index (κ3) is 3.74. The molecule has 0 radical (unpaired) electrons. The van der Waals surface area contributed by atoms with E-state index in [9.17, 15) is 4.79 Å². The van der Waals surface area contributed by atoms with E-state index in [0.717, 1.165) is 12.2 Å². The molecule has 0 fully saturated rings. The molecule has 6 heteroatoms. The molecule has 1 amide bonds. The van der Waals surface area contributed by atoms with Crippen LogP contribution in [0.4, 0.5) is 5.88 Å². The van der Waals surface area contributed by atoms with Crippen molar-refractivity contribution in [1.29, 1.82) is 0 Å². The molecule has 1 aromatic carbocycles. The second-order valence-corrected chi connectivity index (χ2v) is 6.04. The number of aryl methyl sites for hydroxylation is 1. The lowest BCUT2D eigenvalue weighted by Gasteiger charge is -2.12. The van der Waals surface area contributed by atoms with Crippen molar-refractivity contribution >= 4 is 11.8 Å². The molecule has 0 aliphatic rings. The lowest BCUT2D eigenvalue weighted by molar-refractivity contribution is 0.0953. The van der Waals surface area contributed by atoms with Gasteiger partial charge >= 0.3 is 0 Å². The Morgan fingerprint density at radius 3 is 2.68 bits per heavy atom. The van der Waals surface area contributed by atoms with Gasteiger partial charge in [-0.25, -0.2) is 0 Å². The van der Waals surface area contributed by atoms with Gasteiger partial charge in [-0.1, -0.05) is 42.4 Å². The first-order valence-electron chi connectivity index (χ1n) is 8.21. The SMILES string of the molecule is Cc1ccc(-c2noc(N)c2C(=O)NCCC(C)c2ccccc2)o1. The van der Waals surface area contributed by atoms with Crippen molar-refractivity contribution in [3.63, 3.8) is 0 Å². The quantitative estimate of drug-likeness (QED) is 0.713. The van der Waals surface area contributed by atoms with Crippen LogP contribution in [-0.4, -0.2) is 17.6 Å².